The molecule has 18 heavy (non-hydrogen) atoms. The Morgan fingerprint density at radius 1 is 1.28 bits per heavy atom. The minimum Gasteiger partial charge on any atom is -0.392 e. The van der Waals surface area contributed by atoms with E-state index < -0.39 is 0 Å². The molecule has 1 unspecified atom stereocenters. The molecule has 0 aromatic carbocycles. The smallest absolute Gasteiger partial charge is 0.0954 e. The van der Waals surface area contributed by atoms with Crippen molar-refractivity contribution in [2.24, 2.45) is 17.8 Å². The van der Waals surface area contributed by atoms with Crippen molar-refractivity contribution in [2.75, 3.05) is 0 Å². The summed E-state index contributed by atoms with van der Waals surface area (Å²) in [6, 6.07) is 0. The summed E-state index contributed by atoms with van der Waals surface area (Å²) in [5, 5.41) is 13.5. The average molecular weight is 267 g/mol. The number of rotatable bonds is 4. The van der Waals surface area contributed by atoms with Gasteiger partial charge in [-0.1, -0.05) is 13.8 Å². The Hall–Kier alpha value is -0.410. The summed E-state index contributed by atoms with van der Waals surface area (Å²) in [7, 11) is 0. The van der Waals surface area contributed by atoms with E-state index in [1.165, 1.54) is 25.7 Å². The molecular weight excluding hydrogens is 242 g/mol. The Labute approximate surface area is 114 Å². The summed E-state index contributed by atoms with van der Waals surface area (Å²) in [5.74, 6) is 2.16. The van der Waals surface area contributed by atoms with Gasteiger partial charge >= 0.3 is 0 Å². The molecule has 0 aliphatic heterocycles. The lowest BCUT2D eigenvalue weighted by atomic mass is 9.75. The van der Waals surface area contributed by atoms with Gasteiger partial charge in [0.1, 0.15) is 0 Å². The van der Waals surface area contributed by atoms with E-state index in [2.05, 4.69) is 24.2 Å². The van der Waals surface area contributed by atoms with Crippen LogP contribution >= 0.6 is 11.3 Å². The highest BCUT2D eigenvalue weighted by Gasteiger charge is 2.28. The standard InChI is InChI=1S/C15H25NOS/c1-10(2)12-4-6-13(7-5-12)14(17)8-15-16-11(3)9-18-15/h9-10,12-14,17H,4-8H2,1-3H3. The summed E-state index contributed by atoms with van der Waals surface area (Å²) in [6.07, 6.45) is 5.51. The monoisotopic (exact) mass is 267 g/mol. The zero-order valence-corrected chi connectivity index (χ0v) is 12.5. The van der Waals surface area contributed by atoms with Crippen molar-refractivity contribution in [2.45, 2.75) is 59.0 Å². The van der Waals surface area contributed by atoms with Gasteiger partial charge in [0.2, 0.25) is 0 Å². The van der Waals surface area contributed by atoms with Crippen molar-refractivity contribution in [1.29, 1.82) is 0 Å². The zero-order chi connectivity index (χ0) is 13.1. The van der Waals surface area contributed by atoms with Gasteiger partial charge in [0, 0.05) is 17.5 Å². The van der Waals surface area contributed by atoms with Crippen molar-refractivity contribution in [3.8, 4) is 0 Å². The fourth-order valence-electron chi connectivity index (χ4n) is 3.04. The summed E-state index contributed by atoms with van der Waals surface area (Å²) < 4.78 is 0. The second-order valence-corrected chi connectivity index (χ2v) is 7.02. The van der Waals surface area contributed by atoms with E-state index in [0.717, 1.165) is 29.0 Å². The van der Waals surface area contributed by atoms with E-state index in [1.54, 1.807) is 11.3 Å². The molecule has 1 aromatic rings. The van der Waals surface area contributed by atoms with Crippen molar-refractivity contribution < 1.29 is 5.11 Å². The molecule has 0 amide bonds. The number of hydrogen-bond donors (Lipinski definition) is 1. The molecule has 2 nitrogen and oxygen atoms in total. The maximum absolute atomic E-state index is 10.3. The predicted molar refractivity (Wildman–Crippen MR) is 76.8 cm³/mol. The van der Waals surface area contributed by atoms with Crippen LogP contribution in [-0.4, -0.2) is 16.2 Å². The number of thiazole rings is 1. The van der Waals surface area contributed by atoms with Gasteiger partial charge in [0.05, 0.1) is 11.1 Å². The van der Waals surface area contributed by atoms with Crippen LogP contribution in [0.25, 0.3) is 0 Å². The molecule has 1 fully saturated rings. The van der Waals surface area contributed by atoms with Crippen LogP contribution in [0.3, 0.4) is 0 Å². The highest BCUT2D eigenvalue weighted by Crippen LogP contribution is 2.35. The largest absolute Gasteiger partial charge is 0.392 e. The van der Waals surface area contributed by atoms with Gasteiger partial charge in [0.15, 0.2) is 0 Å². The Bertz CT molecular complexity index is 366. The molecule has 1 N–H and O–H groups in total. The molecule has 2 rings (SSSR count). The van der Waals surface area contributed by atoms with Gasteiger partial charge in [-0.15, -0.1) is 11.3 Å². The third-order valence-electron chi connectivity index (χ3n) is 4.35. The molecule has 0 spiro atoms. The van der Waals surface area contributed by atoms with Crippen LogP contribution in [0.4, 0.5) is 0 Å². The molecule has 1 aliphatic carbocycles. The van der Waals surface area contributed by atoms with Crippen LogP contribution < -0.4 is 0 Å². The van der Waals surface area contributed by atoms with E-state index in [1.807, 2.05) is 6.92 Å². The average Bonchev–Trinajstić information content (AvgIpc) is 2.75. The molecular formula is C15H25NOS. The summed E-state index contributed by atoms with van der Waals surface area (Å²) in [4.78, 5) is 4.45. The van der Waals surface area contributed by atoms with Gasteiger partial charge in [-0.2, -0.15) is 0 Å². The molecule has 0 saturated heterocycles. The number of aliphatic hydroxyl groups is 1. The lowest BCUT2D eigenvalue weighted by Gasteiger charge is -2.33. The molecule has 1 aromatic heterocycles. The van der Waals surface area contributed by atoms with E-state index in [9.17, 15) is 5.11 Å². The number of aryl methyl sites for hydroxylation is 1. The Morgan fingerprint density at radius 2 is 1.89 bits per heavy atom. The van der Waals surface area contributed by atoms with Gasteiger partial charge in [-0.25, -0.2) is 4.98 Å². The first-order chi connectivity index (χ1) is 8.56. The molecule has 1 aliphatic rings. The van der Waals surface area contributed by atoms with Crippen LogP contribution in [0, 0.1) is 24.7 Å². The summed E-state index contributed by atoms with van der Waals surface area (Å²) in [5.41, 5.74) is 1.07. The number of hydrogen-bond acceptors (Lipinski definition) is 3. The van der Waals surface area contributed by atoms with Crippen molar-refractivity contribution in [1.82, 2.24) is 4.98 Å². The molecule has 102 valence electrons. The van der Waals surface area contributed by atoms with Crippen LogP contribution in [0.1, 0.15) is 50.2 Å². The van der Waals surface area contributed by atoms with Crippen LogP contribution in [-0.2, 0) is 6.42 Å². The zero-order valence-electron chi connectivity index (χ0n) is 11.7. The number of aromatic nitrogens is 1. The Kier molecular flexibility index (Phi) is 4.79. The van der Waals surface area contributed by atoms with Crippen molar-refractivity contribution in [3.05, 3.63) is 16.1 Å². The third kappa shape index (κ3) is 3.55. The second-order valence-electron chi connectivity index (χ2n) is 6.07. The van der Waals surface area contributed by atoms with Crippen molar-refractivity contribution >= 4 is 11.3 Å². The maximum atomic E-state index is 10.3. The molecule has 1 saturated carbocycles. The van der Waals surface area contributed by atoms with Crippen molar-refractivity contribution in [3.63, 3.8) is 0 Å². The SMILES string of the molecule is Cc1csc(CC(O)C2CCC(C(C)C)CC2)n1. The van der Waals surface area contributed by atoms with Gasteiger partial charge in [-0.05, 0) is 50.4 Å². The second kappa shape index (κ2) is 6.16. The van der Waals surface area contributed by atoms with E-state index in [-0.39, 0.29) is 6.10 Å². The summed E-state index contributed by atoms with van der Waals surface area (Å²) >= 11 is 1.68. The normalized spacial score (nSPS) is 26.5. The molecule has 1 atom stereocenters. The third-order valence-corrected chi connectivity index (χ3v) is 5.34. The molecule has 3 heteroatoms. The highest BCUT2D eigenvalue weighted by atomic mass is 32.1. The van der Waals surface area contributed by atoms with Crippen LogP contribution in [0.5, 0.6) is 0 Å². The number of nitrogens with zero attached hydrogens (tertiary/aromatic N) is 1. The van der Waals surface area contributed by atoms with Gasteiger partial charge < -0.3 is 5.11 Å². The van der Waals surface area contributed by atoms with E-state index in [0.29, 0.717) is 5.92 Å². The Morgan fingerprint density at radius 3 is 2.39 bits per heavy atom. The first-order valence-corrected chi connectivity index (χ1v) is 8.03. The van der Waals surface area contributed by atoms with Crippen LogP contribution in [0.2, 0.25) is 0 Å². The first-order valence-electron chi connectivity index (χ1n) is 7.15. The first kappa shape index (κ1) is 14.0. The number of aliphatic hydroxyl groups excluding tert-OH is 1. The minimum absolute atomic E-state index is 0.191. The quantitative estimate of drug-likeness (QED) is 0.899. The summed E-state index contributed by atoms with van der Waals surface area (Å²) in [6.45, 7) is 6.65. The maximum Gasteiger partial charge on any atom is 0.0954 e. The topological polar surface area (TPSA) is 33.1 Å². The molecule has 0 bridgehead atoms. The molecule has 0 radical (unpaired) electrons. The predicted octanol–water partition coefficient (Wildman–Crippen LogP) is 3.82. The van der Waals surface area contributed by atoms with E-state index >= 15 is 0 Å². The van der Waals surface area contributed by atoms with Gasteiger partial charge in [-0.3, -0.25) is 0 Å². The fourth-order valence-corrected chi connectivity index (χ4v) is 3.86. The van der Waals surface area contributed by atoms with E-state index in [4.69, 9.17) is 0 Å². The van der Waals surface area contributed by atoms with Crippen LogP contribution in [0.15, 0.2) is 5.38 Å². The molecule has 1 heterocycles. The minimum atomic E-state index is -0.191. The van der Waals surface area contributed by atoms with Gasteiger partial charge in [0.25, 0.3) is 0 Å². The Balaban J connectivity index is 1.82. The lowest BCUT2D eigenvalue weighted by molar-refractivity contribution is 0.0674. The lowest BCUT2D eigenvalue weighted by Crippen LogP contribution is -2.28. The highest BCUT2D eigenvalue weighted by molar-refractivity contribution is 7.09. The fraction of sp³-hybridized carbons (Fsp3) is 0.800.